The minimum atomic E-state index is -0.360. The van der Waals surface area contributed by atoms with Crippen LogP contribution in [-0.4, -0.2) is 111 Å². The predicted molar refractivity (Wildman–Crippen MR) is 216 cm³/mol. The van der Waals surface area contributed by atoms with Crippen molar-refractivity contribution in [3.63, 3.8) is 0 Å². The monoisotopic (exact) mass is 768 g/mol. The van der Waals surface area contributed by atoms with Crippen molar-refractivity contribution >= 4 is 17.6 Å². The van der Waals surface area contributed by atoms with Crippen LogP contribution in [0, 0.1) is 0 Å². The van der Waals surface area contributed by atoms with E-state index in [1.54, 1.807) is 12.1 Å². The highest BCUT2D eigenvalue weighted by Gasteiger charge is 2.07. The van der Waals surface area contributed by atoms with E-state index in [4.69, 9.17) is 37.9 Å². The molecule has 314 valence electrons. The molecule has 0 bridgehead atoms. The van der Waals surface area contributed by atoms with E-state index in [2.05, 4.69) is 19.2 Å². The summed E-state index contributed by atoms with van der Waals surface area (Å²) in [6, 6.07) is 7.30. The van der Waals surface area contributed by atoms with Gasteiger partial charge in [-0.15, -0.1) is 0 Å². The maximum Gasteiger partial charge on any atom is 0.338 e. The number of rotatable bonds is 42. The molecule has 0 aliphatic rings. The summed E-state index contributed by atoms with van der Waals surface area (Å²) in [6.07, 6.45) is 22.4. The smallest absolute Gasteiger partial charge is 0.338 e. The lowest BCUT2D eigenvalue weighted by Crippen LogP contribution is -2.15. The molecule has 1 N–H and O–H groups in total. The molecule has 1 aromatic rings. The molecule has 0 fully saturated rings. The Morgan fingerprint density at radius 1 is 0.426 bits per heavy atom. The molecule has 0 amide bonds. The predicted octanol–water partition coefficient (Wildman–Crippen LogP) is 8.96. The van der Waals surface area contributed by atoms with Crippen LogP contribution in [0.4, 0.5) is 5.69 Å². The van der Waals surface area contributed by atoms with E-state index in [1.165, 1.54) is 83.5 Å². The normalized spacial score (nSPS) is 11.2. The minimum Gasteiger partial charge on any atom is -0.463 e. The molecule has 1 aromatic carbocycles. The quantitative estimate of drug-likeness (QED) is 0.0507. The standard InChI is InChI=1S/C43H77NO10/c1-3-5-7-8-9-10-11-12-13-14-15-16-17-18-19-20-42(45)53-38-36-51-34-32-49-30-28-47-26-27-48-29-31-50-33-35-52-37-39-54-43(46)40-21-23-41(24-22-40)44-25-6-4-2/h21-24,44H,3-20,25-39H2,1-2H3. The average molecular weight is 768 g/mol. The zero-order valence-electron chi connectivity index (χ0n) is 34.2. The van der Waals surface area contributed by atoms with Crippen molar-refractivity contribution in [1.82, 2.24) is 0 Å². The van der Waals surface area contributed by atoms with Crippen LogP contribution in [0.1, 0.15) is 140 Å². The SMILES string of the molecule is CCCCCCCCCCCCCCCCCC(=O)OCCOCCOCCOCCOCCOCCOCCOC(=O)c1ccc(NCCCC)cc1. The van der Waals surface area contributed by atoms with Gasteiger partial charge in [-0.25, -0.2) is 4.79 Å². The van der Waals surface area contributed by atoms with E-state index in [0.717, 1.165) is 37.9 Å². The van der Waals surface area contributed by atoms with E-state index in [1.807, 2.05) is 12.1 Å². The van der Waals surface area contributed by atoms with Gasteiger partial charge in [-0.05, 0) is 37.1 Å². The Balaban J connectivity index is 1.71. The fourth-order valence-electron chi connectivity index (χ4n) is 5.54. The van der Waals surface area contributed by atoms with Crippen molar-refractivity contribution in [2.45, 2.75) is 129 Å². The van der Waals surface area contributed by atoms with E-state index < -0.39 is 0 Å². The highest BCUT2D eigenvalue weighted by atomic mass is 16.6. The number of nitrogens with one attached hydrogen (secondary N) is 1. The lowest BCUT2D eigenvalue weighted by Gasteiger charge is -2.09. The van der Waals surface area contributed by atoms with Crippen LogP contribution in [0.5, 0.6) is 0 Å². The van der Waals surface area contributed by atoms with Gasteiger partial charge in [-0.1, -0.05) is 110 Å². The first-order valence-electron chi connectivity index (χ1n) is 21.3. The van der Waals surface area contributed by atoms with Gasteiger partial charge in [0.05, 0.1) is 84.8 Å². The van der Waals surface area contributed by atoms with Gasteiger partial charge in [0.25, 0.3) is 0 Å². The van der Waals surface area contributed by atoms with Crippen molar-refractivity contribution < 1.29 is 47.5 Å². The summed E-state index contributed by atoms with van der Waals surface area (Å²) in [4.78, 5) is 24.0. The summed E-state index contributed by atoms with van der Waals surface area (Å²) in [5.74, 6) is -0.494. The Labute approximate surface area is 328 Å². The molecule has 0 aliphatic carbocycles. The third kappa shape index (κ3) is 34.2. The average Bonchev–Trinajstić information content (AvgIpc) is 3.18. The van der Waals surface area contributed by atoms with Crippen LogP contribution in [-0.2, 0) is 42.7 Å². The number of carbonyl (C=O) groups is 2. The van der Waals surface area contributed by atoms with Gasteiger partial charge in [0.1, 0.15) is 13.2 Å². The topological polar surface area (TPSA) is 120 Å². The van der Waals surface area contributed by atoms with Crippen molar-refractivity contribution in [3.8, 4) is 0 Å². The molecule has 0 saturated heterocycles. The van der Waals surface area contributed by atoms with Crippen molar-refractivity contribution in [2.24, 2.45) is 0 Å². The maximum absolute atomic E-state index is 12.1. The number of ether oxygens (including phenoxy) is 8. The highest BCUT2D eigenvalue weighted by molar-refractivity contribution is 5.89. The van der Waals surface area contributed by atoms with Gasteiger partial charge in [0.2, 0.25) is 0 Å². The molecule has 0 saturated carbocycles. The van der Waals surface area contributed by atoms with Crippen LogP contribution in [0.25, 0.3) is 0 Å². The molecular formula is C43H77NO10. The molecule has 11 nitrogen and oxygen atoms in total. The number of unbranched alkanes of at least 4 members (excludes halogenated alkanes) is 15. The first-order chi connectivity index (χ1) is 26.7. The molecule has 0 radical (unpaired) electrons. The zero-order chi connectivity index (χ0) is 38.8. The van der Waals surface area contributed by atoms with Gasteiger partial charge < -0.3 is 43.2 Å². The minimum absolute atomic E-state index is 0.134. The molecular weight excluding hydrogens is 690 g/mol. The largest absolute Gasteiger partial charge is 0.463 e. The van der Waals surface area contributed by atoms with E-state index in [0.29, 0.717) is 91.3 Å². The zero-order valence-corrected chi connectivity index (χ0v) is 34.2. The molecule has 0 heterocycles. The Hall–Kier alpha value is -2.28. The number of hydrogen-bond acceptors (Lipinski definition) is 11. The number of carbonyl (C=O) groups excluding carboxylic acids is 2. The summed E-state index contributed by atoms with van der Waals surface area (Å²) in [6.45, 7) is 11.1. The van der Waals surface area contributed by atoms with E-state index in [-0.39, 0.29) is 25.2 Å². The molecule has 0 atom stereocenters. The second kappa shape index (κ2) is 40.4. The van der Waals surface area contributed by atoms with E-state index >= 15 is 0 Å². The summed E-state index contributed by atoms with van der Waals surface area (Å²) >= 11 is 0. The maximum atomic E-state index is 12.1. The summed E-state index contributed by atoms with van der Waals surface area (Å²) in [5.41, 5.74) is 1.52. The molecule has 0 aromatic heterocycles. The fraction of sp³-hybridized carbons (Fsp3) is 0.814. The third-order valence-corrected chi connectivity index (χ3v) is 8.78. The molecule has 0 spiro atoms. The number of hydrogen-bond donors (Lipinski definition) is 1. The van der Waals surface area contributed by atoms with Crippen LogP contribution < -0.4 is 5.32 Å². The Bertz CT molecular complexity index is 949. The second-order valence-corrected chi connectivity index (χ2v) is 13.6. The van der Waals surface area contributed by atoms with Crippen molar-refractivity contribution in [3.05, 3.63) is 29.8 Å². The third-order valence-electron chi connectivity index (χ3n) is 8.78. The summed E-state index contributed by atoms with van der Waals surface area (Å²) in [7, 11) is 0. The number of esters is 2. The van der Waals surface area contributed by atoms with Crippen LogP contribution in [0.2, 0.25) is 0 Å². The molecule has 0 aliphatic heterocycles. The highest BCUT2D eigenvalue weighted by Crippen LogP contribution is 2.14. The molecule has 11 heteroatoms. The van der Waals surface area contributed by atoms with Crippen LogP contribution in [0.15, 0.2) is 24.3 Å². The lowest BCUT2D eigenvalue weighted by molar-refractivity contribution is -0.145. The molecule has 0 unspecified atom stereocenters. The summed E-state index contributed by atoms with van der Waals surface area (Å²) < 4.78 is 43.4. The summed E-state index contributed by atoms with van der Waals surface area (Å²) in [5, 5.41) is 3.32. The Kier molecular flexibility index (Phi) is 37.2. The van der Waals surface area contributed by atoms with Crippen molar-refractivity contribution in [1.29, 1.82) is 0 Å². The van der Waals surface area contributed by atoms with Crippen molar-refractivity contribution in [2.75, 3.05) is 104 Å². The van der Waals surface area contributed by atoms with Gasteiger partial charge in [-0.3, -0.25) is 4.79 Å². The number of benzene rings is 1. The Morgan fingerprint density at radius 2 is 0.778 bits per heavy atom. The van der Waals surface area contributed by atoms with E-state index in [9.17, 15) is 9.59 Å². The van der Waals surface area contributed by atoms with Crippen LogP contribution >= 0.6 is 0 Å². The van der Waals surface area contributed by atoms with Gasteiger partial charge in [0, 0.05) is 18.7 Å². The Morgan fingerprint density at radius 3 is 1.19 bits per heavy atom. The van der Waals surface area contributed by atoms with Crippen LogP contribution in [0.3, 0.4) is 0 Å². The molecule has 1 rings (SSSR count). The van der Waals surface area contributed by atoms with Gasteiger partial charge in [0.15, 0.2) is 0 Å². The number of anilines is 1. The first-order valence-corrected chi connectivity index (χ1v) is 21.3. The fourth-order valence-corrected chi connectivity index (χ4v) is 5.54. The lowest BCUT2D eigenvalue weighted by atomic mass is 10.0. The first kappa shape index (κ1) is 49.7. The van der Waals surface area contributed by atoms with Gasteiger partial charge in [-0.2, -0.15) is 0 Å². The second-order valence-electron chi connectivity index (χ2n) is 13.6. The molecule has 54 heavy (non-hydrogen) atoms. The van der Waals surface area contributed by atoms with Gasteiger partial charge >= 0.3 is 11.9 Å².